The van der Waals surface area contributed by atoms with Crippen LogP contribution in [0, 0.1) is 0 Å². The molecule has 1 unspecified atom stereocenters. The summed E-state index contributed by atoms with van der Waals surface area (Å²) in [4.78, 5) is 12.1. The molecule has 0 spiro atoms. The topological polar surface area (TPSA) is 17.1 Å². The summed E-state index contributed by atoms with van der Waals surface area (Å²) in [5, 5.41) is 0. The molecule has 0 heterocycles. The van der Waals surface area contributed by atoms with Gasteiger partial charge in [-0.3, -0.25) is 4.79 Å². The summed E-state index contributed by atoms with van der Waals surface area (Å²) in [7, 11) is 0. The van der Waals surface area contributed by atoms with E-state index in [2.05, 4.69) is 24.3 Å². The first-order valence-electron chi connectivity index (χ1n) is 8.00. The van der Waals surface area contributed by atoms with Crippen LogP contribution in [0.15, 0.2) is 54.6 Å². The van der Waals surface area contributed by atoms with Gasteiger partial charge in [-0.1, -0.05) is 54.6 Å². The maximum absolute atomic E-state index is 12.1. The Bertz CT molecular complexity index is 600. The molecule has 0 N–H and O–H groups in total. The Morgan fingerprint density at radius 3 is 2.62 bits per heavy atom. The van der Waals surface area contributed by atoms with E-state index in [1.807, 2.05) is 30.3 Å². The minimum Gasteiger partial charge on any atom is -0.294 e. The van der Waals surface area contributed by atoms with Crippen LogP contribution in [0.1, 0.15) is 59.5 Å². The van der Waals surface area contributed by atoms with E-state index in [0.29, 0.717) is 12.3 Å². The van der Waals surface area contributed by atoms with E-state index < -0.39 is 0 Å². The Kier molecular flexibility index (Phi) is 4.49. The number of hydrogen-bond acceptors (Lipinski definition) is 1. The predicted molar refractivity (Wildman–Crippen MR) is 86.7 cm³/mol. The van der Waals surface area contributed by atoms with Crippen molar-refractivity contribution in [3.05, 3.63) is 71.3 Å². The molecule has 21 heavy (non-hydrogen) atoms. The zero-order valence-electron chi connectivity index (χ0n) is 12.4. The van der Waals surface area contributed by atoms with Crippen molar-refractivity contribution in [2.45, 2.75) is 44.4 Å². The van der Waals surface area contributed by atoms with Gasteiger partial charge in [0.05, 0.1) is 0 Å². The van der Waals surface area contributed by atoms with Crippen LogP contribution < -0.4 is 0 Å². The third-order valence-corrected chi connectivity index (χ3v) is 4.55. The molecule has 0 saturated carbocycles. The summed E-state index contributed by atoms with van der Waals surface area (Å²) >= 11 is 0. The maximum Gasteiger partial charge on any atom is 0.162 e. The zero-order chi connectivity index (χ0) is 14.5. The number of benzene rings is 2. The quantitative estimate of drug-likeness (QED) is 0.690. The molecule has 1 aliphatic rings. The highest BCUT2D eigenvalue weighted by molar-refractivity contribution is 5.95. The first kappa shape index (κ1) is 14.1. The van der Waals surface area contributed by atoms with Gasteiger partial charge in [-0.15, -0.1) is 0 Å². The zero-order valence-corrected chi connectivity index (χ0v) is 12.4. The van der Waals surface area contributed by atoms with Crippen LogP contribution in [0.5, 0.6) is 0 Å². The molecule has 0 fully saturated rings. The maximum atomic E-state index is 12.1. The van der Waals surface area contributed by atoms with Gasteiger partial charge in [0.15, 0.2) is 5.78 Å². The first-order valence-corrected chi connectivity index (χ1v) is 8.00. The van der Waals surface area contributed by atoms with Gasteiger partial charge in [-0.05, 0) is 49.1 Å². The Morgan fingerprint density at radius 1 is 1.00 bits per heavy atom. The van der Waals surface area contributed by atoms with Crippen molar-refractivity contribution in [2.75, 3.05) is 0 Å². The van der Waals surface area contributed by atoms with Gasteiger partial charge < -0.3 is 0 Å². The molecule has 2 aromatic carbocycles. The Balaban J connectivity index is 1.56. The molecule has 1 atom stereocenters. The molecule has 0 bridgehead atoms. The summed E-state index contributed by atoms with van der Waals surface area (Å²) in [5.41, 5.74) is 3.89. The van der Waals surface area contributed by atoms with E-state index in [4.69, 9.17) is 0 Å². The number of rotatable bonds is 5. The van der Waals surface area contributed by atoms with E-state index >= 15 is 0 Å². The molecular weight excluding hydrogens is 256 g/mol. The van der Waals surface area contributed by atoms with E-state index in [-0.39, 0.29) is 5.78 Å². The van der Waals surface area contributed by atoms with Crippen molar-refractivity contribution in [3.8, 4) is 0 Å². The second-order valence-corrected chi connectivity index (χ2v) is 5.97. The van der Waals surface area contributed by atoms with Gasteiger partial charge in [-0.25, -0.2) is 0 Å². The monoisotopic (exact) mass is 278 g/mol. The largest absolute Gasteiger partial charge is 0.294 e. The van der Waals surface area contributed by atoms with Gasteiger partial charge in [0.2, 0.25) is 0 Å². The van der Waals surface area contributed by atoms with E-state index in [1.54, 1.807) is 0 Å². The average Bonchev–Trinajstić information content (AvgIpc) is 2.56. The average molecular weight is 278 g/mol. The van der Waals surface area contributed by atoms with Crippen molar-refractivity contribution >= 4 is 5.78 Å². The van der Waals surface area contributed by atoms with Crippen LogP contribution in [0.25, 0.3) is 0 Å². The van der Waals surface area contributed by atoms with Gasteiger partial charge in [0.25, 0.3) is 0 Å². The van der Waals surface area contributed by atoms with Crippen LogP contribution in [-0.2, 0) is 6.42 Å². The molecule has 0 aromatic heterocycles. The molecule has 3 rings (SSSR count). The van der Waals surface area contributed by atoms with E-state index in [9.17, 15) is 4.79 Å². The molecular formula is C20H22O. The van der Waals surface area contributed by atoms with Gasteiger partial charge in [-0.2, -0.15) is 0 Å². The molecule has 2 aromatic rings. The van der Waals surface area contributed by atoms with Crippen LogP contribution in [0.3, 0.4) is 0 Å². The second-order valence-electron chi connectivity index (χ2n) is 5.97. The normalized spacial score (nSPS) is 17.2. The van der Waals surface area contributed by atoms with E-state index in [0.717, 1.165) is 18.4 Å². The van der Waals surface area contributed by atoms with Gasteiger partial charge in [0.1, 0.15) is 0 Å². The van der Waals surface area contributed by atoms with Crippen molar-refractivity contribution in [1.82, 2.24) is 0 Å². The number of carbonyl (C=O) groups is 1. The van der Waals surface area contributed by atoms with Crippen LogP contribution >= 0.6 is 0 Å². The Labute approximate surface area is 127 Å². The lowest BCUT2D eigenvalue weighted by Crippen LogP contribution is -2.10. The lowest BCUT2D eigenvalue weighted by atomic mass is 9.80. The SMILES string of the molecule is O=C(CCCC1CCCc2ccccc21)c1ccccc1. The molecule has 1 nitrogen and oxygen atoms in total. The molecule has 0 saturated heterocycles. The molecule has 0 aliphatic heterocycles. The summed E-state index contributed by atoms with van der Waals surface area (Å²) in [6.07, 6.45) is 6.57. The molecule has 1 aliphatic carbocycles. The highest BCUT2D eigenvalue weighted by atomic mass is 16.1. The summed E-state index contributed by atoms with van der Waals surface area (Å²) in [6.45, 7) is 0. The fourth-order valence-electron chi connectivity index (χ4n) is 3.43. The third-order valence-electron chi connectivity index (χ3n) is 4.55. The number of aryl methyl sites for hydroxylation is 1. The minimum absolute atomic E-state index is 0.277. The van der Waals surface area contributed by atoms with Gasteiger partial charge in [0, 0.05) is 12.0 Å². The smallest absolute Gasteiger partial charge is 0.162 e. The van der Waals surface area contributed by atoms with Crippen LogP contribution in [0.2, 0.25) is 0 Å². The molecule has 0 radical (unpaired) electrons. The van der Waals surface area contributed by atoms with Crippen molar-refractivity contribution in [1.29, 1.82) is 0 Å². The number of carbonyl (C=O) groups excluding carboxylic acids is 1. The Morgan fingerprint density at radius 2 is 1.76 bits per heavy atom. The molecule has 0 amide bonds. The van der Waals surface area contributed by atoms with E-state index in [1.165, 1.54) is 30.4 Å². The lowest BCUT2D eigenvalue weighted by Gasteiger charge is -2.25. The molecule has 108 valence electrons. The molecule has 1 heteroatoms. The third kappa shape index (κ3) is 3.41. The highest BCUT2D eigenvalue weighted by Crippen LogP contribution is 2.34. The van der Waals surface area contributed by atoms with Crippen LogP contribution in [0.4, 0.5) is 0 Å². The number of fused-ring (bicyclic) bond motifs is 1. The van der Waals surface area contributed by atoms with Crippen molar-refractivity contribution in [2.24, 2.45) is 0 Å². The number of Topliss-reactive ketones (excluding diaryl/α,β-unsaturated/α-hetero) is 1. The number of ketones is 1. The summed E-state index contributed by atoms with van der Waals surface area (Å²) < 4.78 is 0. The fraction of sp³-hybridized carbons (Fsp3) is 0.350. The summed E-state index contributed by atoms with van der Waals surface area (Å²) in [6, 6.07) is 18.5. The number of hydrogen-bond donors (Lipinski definition) is 0. The standard InChI is InChI=1S/C20H22O/c21-20(18-9-2-1-3-10-18)15-7-13-17-12-6-11-16-8-4-5-14-19(16)17/h1-5,8-10,14,17H,6-7,11-13,15H2. The van der Waals surface area contributed by atoms with Crippen LogP contribution in [-0.4, -0.2) is 5.78 Å². The first-order chi connectivity index (χ1) is 10.3. The van der Waals surface area contributed by atoms with Gasteiger partial charge >= 0.3 is 0 Å². The lowest BCUT2D eigenvalue weighted by molar-refractivity contribution is 0.0978. The minimum atomic E-state index is 0.277. The summed E-state index contributed by atoms with van der Waals surface area (Å²) in [5.74, 6) is 0.929. The highest BCUT2D eigenvalue weighted by Gasteiger charge is 2.19. The van der Waals surface area contributed by atoms with Crippen molar-refractivity contribution < 1.29 is 4.79 Å². The predicted octanol–water partition coefficient (Wildman–Crippen LogP) is 5.16. The Hall–Kier alpha value is -1.89. The fourth-order valence-corrected chi connectivity index (χ4v) is 3.43. The van der Waals surface area contributed by atoms with Crippen molar-refractivity contribution in [3.63, 3.8) is 0 Å². The second kappa shape index (κ2) is 6.71.